The van der Waals surface area contributed by atoms with Gasteiger partial charge in [-0.3, -0.25) is 4.98 Å². The SMILES string of the molecule is NC(CCc1cccnc1)c1ccc2ccccc2c1. The first kappa shape index (κ1) is 12.8. The molecule has 20 heavy (non-hydrogen) atoms. The lowest BCUT2D eigenvalue weighted by molar-refractivity contribution is 0.651. The summed E-state index contributed by atoms with van der Waals surface area (Å²) in [5.74, 6) is 0. The van der Waals surface area contributed by atoms with Gasteiger partial charge in [-0.25, -0.2) is 0 Å². The van der Waals surface area contributed by atoms with Crippen molar-refractivity contribution in [3.63, 3.8) is 0 Å². The lowest BCUT2D eigenvalue weighted by Crippen LogP contribution is -2.11. The van der Waals surface area contributed by atoms with Gasteiger partial charge in [-0.15, -0.1) is 0 Å². The normalized spacial score (nSPS) is 12.4. The first-order valence-electron chi connectivity index (χ1n) is 6.96. The van der Waals surface area contributed by atoms with Crippen LogP contribution >= 0.6 is 0 Å². The molecule has 3 rings (SSSR count). The maximum Gasteiger partial charge on any atom is 0.0299 e. The Morgan fingerprint density at radius 3 is 2.60 bits per heavy atom. The van der Waals surface area contributed by atoms with Gasteiger partial charge in [0, 0.05) is 18.4 Å². The van der Waals surface area contributed by atoms with Crippen molar-refractivity contribution in [1.82, 2.24) is 4.98 Å². The van der Waals surface area contributed by atoms with Gasteiger partial charge in [0.15, 0.2) is 0 Å². The molecule has 2 aromatic carbocycles. The molecule has 0 spiro atoms. The van der Waals surface area contributed by atoms with Gasteiger partial charge >= 0.3 is 0 Å². The summed E-state index contributed by atoms with van der Waals surface area (Å²) in [6, 6.07) is 19.0. The number of nitrogens with zero attached hydrogens (tertiary/aromatic N) is 1. The molecule has 0 fully saturated rings. The zero-order valence-electron chi connectivity index (χ0n) is 11.4. The van der Waals surface area contributed by atoms with Crippen LogP contribution in [-0.2, 0) is 6.42 Å². The molecule has 0 radical (unpaired) electrons. The van der Waals surface area contributed by atoms with Crippen LogP contribution in [0.15, 0.2) is 67.0 Å². The summed E-state index contributed by atoms with van der Waals surface area (Å²) in [4.78, 5) is 4.14. The molecule has 2 nitrogen and oxygen atoms in total. The van der Waals surface area contributed by atoms with E-state index in [9.17, 15) is 0 Å². The monoisotopic (exact) mass is 262 g/mol. The zero-order chi connectivity index (χ0) is 13.8. The van der Waals surface area contributed by atoms with E-state index in [-0.39, 0.29) is 6.04 Å². The molecular formula is C18H18N2. The van der Waals surface area contributed by atoms with Crippen molar-refractivity contribution in [2.24, 2.45) is 5.73 Å². The molecule has 0 aliphatic carbocycles. The first-order valence-corrected chi connectivity index (χ1v) is 6.96. The van der Waals surface area contributed by atoms with Crippen molar-refractivity contribution in [3.8, 4) is 0 Å². The highest BCUT2D eigenvalue weighted by molar-refractivity contribution is 5.83. The summed E-state index contributed by atoms with van der Waals surface area (Å²) in [6.07, 6.45) is 5.60. The van der Waals surface area contributed by atoms with Crippen molar-refractivity contribution in [1.29, 1.82) is 0 Å². The van der Waals surface area contributed by atoms with E-state index >= 15 is 0 Å². The van der Waals surface area contributed by atoms with E-state index < -0.39 is 0 Å². The highest BCUT2D eigenvalue weighted by Crippen LogP contribution is 2.22. The van der Waals surface area contributed by atoms with Crippen molar-refractivity contribution < 1.29 is 0 Å². The fourth-order valence-electron chi connectivity index (χ4n) is 2.47. The number of pyridine rings is 1. The highest BCUT2D eigenvalue weighted by atomic mass is 14.6. The summed E-state index contributed by atoms with van der Waals surface area (Å²) < 4.78 is 0. The fourth-order valence-corrected chi connectivity index (χ4v) is 2.47. The molecule has 0 amide bonds. The Hall–Kier alpha value is -2.19. The lowest BCUT2D eigenvalue weighted by atomic mass is 9.98. The van der Waals surface area contributed by atoms with Crippen LogP contribution < -0.4 is 5.73 Å². The number of benzene rings is 2. The summed E-state index contributed by atoms with van der Waals surface area (Å²) in [7, 11) is 0. The molecule has 0 bridgehead atoms. The summed E-state index contributed by atoms with van der Waals surface area (Å²) >= 11 is 0. The van der Waals surface area contributed by atoms with Crippen LogP contribution in [0.25, 0.3) is 10.8 Å². The van der Waals surface area contributed by atoms with Crippen molar-refractivity contribution in [2.75, 3.05) is 0 Å². The maximum absolute atomic E-state index is 6.31. The Kier molecular flexibility index (Phi) is 3.75. The van der Waals surface area contributed by atoms with Crippen LogP contribution in [0, 0.1) is 0 Å². The van der Waals surface area contributed by atoms with E-state index in [4.69, 9.17) is 5.73 Å². The van der Waals surface area contributed by atoms with Crippen LogP contribution in [0.2, 0.25) is 0 Å². The molecule has 2 heteroatoms. The van der Waals surface area contributed by atoms with Gasteiger partial charge in [0.1, 0.15) is 0 Å². The minimum atomic E-state index is 0.0693. The van der Waals surface area contributed by atoms with Crippen LogP contribution in [0.3, 0.4) is 0 Å². The second-order valence-corrected chi connectivity index (χ2v) is 5.11. The molecule has 100 valence electrons. The van der Waals surface area contributed by atoms with E-state index in [1.807, 2.05) is 12.3 Å². The van der Waals surface area contributed by atoms with Gasteiger partial charge in [0.25, 0.3) is 0 Å². The van der Waals surface area contributed by atoms with Crippen LogP contribution in [0.5, 0.6) is 0 Å². The Labute approximate surface area is 119 Å². The molecule has 1 atom stereocenters. The number of aryl methyl sites for hydroxylation is 1. The molecule has 2 N–H and O–H groups in total. The predicted molar refractivity (Wildman–Crippen MR) is 83.4 cm³/mol. The topological polar surface area (TPSA) is 38.9 Å². The molecule has 3 aromatic rings. The second-order valence-electron chi connectivity index (χ2n) is 5.11. The van der Waals surface area contributed by atoms with Gasteiger partial charge in [-0.1, -0.05) is 42.5 Å². The van der Waals surface area contributed by atoms with E-state index in [0.717, 1.165) is 12.8 Å². The molecule has 1 unspecified atom stereocenters. The van der Waals surface area contributed by atoms with E-state index in [2.05, 4.69) is 53.5 Å². The van der Waals surface area contributed by atoms with E-state index in [1.165, 1.54) is 21.9 Å². The van der Waals surface area contributed by atoms with E-state index in [1.54, 1.807) is 6.20 Å². The Morgan fingerprint density at radius 2 is 1.80 bits per heavy atom. The quantitative estimate of drug-likeness (QED) is 0.775. The highest BCUT2D eigenvalue weighted by Gasteiger charge is 2.07. The average Bonchev–Trinajstić information content (AvgIpc) is 2.53. The minimum absolute atomic E-state index is 0.0693. The first-order chi connectivity index (χ1) is 9.83. The number of rotatable bonds is 4. The molecule has 0 aliphatic rings. The molecular weight excluding hydrogens is 244 g/mol. The third kappa shape index (κ3) is 2.86. The zero-order valence-corrected chi connectivity index (χ0v) is 11.4. The third-order valence-corrected chi connectivity index (χ3v) is 3.67. The van der Waals surface area contributed by atoms with Crippen LogP contribution in [0.4, 0.5) is 0 Å². The predicted octanol–water partition coefficient (Wildman–Crippen LogP) is 3.87. The fraction of sp³-hybridized carbons (Fsp3) is 0.167. The second kappa shape index (κ2) is 5.85. The van der Waals surface area contributed by atoms with Crippen molar-refractivity contribution in [2.45, 2.75) is 18.9 Å². The standard InChI is InChI=1S/C18H18N2/c19-18(10-7-14-4-3-11-20-13-14)17-9-8-15-5-1-2-6-16(15)12-17/h1-6,8-9,11-13,18H,7,10,19H2. The smallest absolute Gasteiger partial charge is 0.0299 e. The molecule has 0 aliphatic heterocycles. The largest absolute Gasteiger partial charge is 0.324 e. The maximum atomic E-state index is 6.31. The van der Waals surface area contributed by atoms with Crippen LogP contribution in [-0.4, -0.2) is 4.98 Å². The number of hydrogen-bond acceptors (Lipinski definition) is 2. The van der Waals surface area contributed by atoms with Gasteiger partial charge in [-0.2, -0.15) is 0 Å². The Morgan fingerprint density at radius 1 is 0.950 bits per heavy atom. The summed E-state index contributed by atoms with van der Waals surface area (Å²) in [6.45, 7) is 0. The number of fused-ring (bicyclic) bond motifs is 1. The number of aromatic nitrogens is 1. The van der Waals surface area contributed by atoms with Gasteiger partial charge in [-0.05, 0) is 46.9 Å². The summed E-state index contributed by atoms with van der Waals surface area (Å²) in [5, 5.41) is 2.51. The van der Waals surface area contributed by atoms with Gasteiger partial charge in [0.05, 0.1) is 0 Å². The third-order valence-electron chi connectivity index (χ3n) is 3.67. The van der Waals surface area contributed by atoms with Crippen molar-refractivity contribution in [3.05, 3.63) is 78.1 Å². The van der Waals surface area contributed by atoms with Crippen LogP contribution in [0.1, 0.15) is 23.6 Å². The average molecular weight is 262 g/mol. The minimum Gasteiger partial charge on any atom is -0.324 e. The molecule has 0 saturated heterocycles. The molecule has 1 aromatic heterocycles. The van der Waals surface area contributed by atoms with E-state index in [0.29, 0.717) is 0 Å². The summed E-state index contributed by atoms with van der Waals surface area (Å²) in [5.41, 5.74) is 8.75. The Balaban J connectivity index is 1.73. The van der Waals surface area contributed by atoms with Gasteiger partial charge < -0.3 is 5.73 Å². The lowest BCUT2D eigenvalue weighted by Gasteiger charge is -2.13. The Bertz CT molecular complexity index is 692. The van der Waals surface area contributed by atoms with Gasteiger partial charge in [0.2, 0.25) is 0 Å². The van der Waals surface area contributed by atoms with Crippen molar-refractivity contribution >= 4 is 10.8 Å². The molecule has 0 saturated carbocycles. The number of nitrogens with two attached hydrogens (primary N) is 1. The molecule has 1 heterocycles. The number of hydrogen-bond donors (Lipinski definition) is 1.